The van der Waals surface area contributed by atoms with Crippen molar-refractivity contribution in [2.45, 2.75) is 64.5 Å². The Bertz CT molecular complexity index is 712. The number of benzene rings is 1. The van der Waals surface area contributed by atoms with Gasteiger partial charge in [0.25, 0.3) is 0 Å². The predicted octanol–water partition coefficient (Wildman–Crippen LogP) is 2.22. The van der Waals surface area contributed by atoms with Crippen molar-refractivity contribution in [1.29, 1.82) is 0 Å². The van der Waals surface area contributed by atoms with Gasteiger partial charge < -0.3 is 21.5 Å². The van der Waals surface area contributed by atoms with Gasteiger partial charge >= 0.3 is 5.97 Å². The molecule has 7 nitrogen and oxygen atoms in total. The highest BCUT2D eigenvalue weighted by Crippen LogP contribution is 2.12. The van der Waals surface area contributed by atoms with E-state index in [0.717, 1.165) is 12.0 Å². The van der Waals surface area contributed by atoms with E-state index in [4.69, 9.17) is 18.0 Å². The molecule has 3 atom stereocenters. The predicted molar refractivity (Wildman–Crippen MR) is 121 cm³/mol. The van der Waals surface area contributed by atoms with E-state index in [1.54, 1.807) is 19.1 Å². The molecule has 0 saturated heterocycles. The lowest BCUT2D eigenvalue weighted by Crippen LogP contribution is -2.53. The minimum Gasteiger partial charge on any atom is -0.480 e. The second kappa shape index (κ2) is 13.8. The van der Waals surface area contributed by atoms with Crippen LogP contribution in [0.15, 0.2) is 30.3 Å². The summed E-state index contributed by atoms with van der Waals surface area (Å²) in [7, 11) is 0. The SMILES string of the molecule is CCCC(C(=O)N[C@@H](CCCCN)C(=O)N[C@@H](Cc1ccccc1)C(=O)O)C(C)=S. The third-order valence-electron chi connectivity index (χ3n) is 4.86. The molecule has 0 aliphatic heterocycles. The van der Waals surface area contributed by atoms with Gasteiger partial charge in [-0.3, -0.25) is 9.59 Å². The zero-order chi connectivity index (χ0) is 22.5. The third-order valence-corrected chi connectivity index (χ3v) is 5.15. The van der Waals surface area contributed by atoms with E-state index in [9.17, 15) is 19.5 Å². The molecule has 0 saturated carbocycles. The summed E-state index contributed by atoms with van der Waals surface area (Å²) in [5, 5.41) is 14.9. The number of thiocarbonyl (C=S) groups is 1. The summed E-state index contributed by atoms with van der Waals surface area (Å²) in [4.78, 5) is 37.9. The lowest BCUT2D eigenvalue weighted by atomic mass is 9.98. The van der Waals surface area contributed by atoms with Gasteiger partial charge in [0.15, 0.2) is 0 Å². The quantitative estimate of drug-likeness (QED) is 0.263. The van der Waals surface area contributed by atoms with Gasteiger partial charge in [-0.1, -0.05) is 55.9 Å². The Kier molecular flexibility index (Phi) is 11.8. The molecule has 1 aromatic carbocycles. The number of hydrogen-bond acceptors (Lipinski definition) is 5. The summed E-state index contributed by atoms with van der Waals surface area (Å²) >= 11 is 5.20. The number of nitrogens with one attached hydrogen (secondary N) is 2. The van der Waals surface area contributed by atoms with E-state index in [-0.39, 0.29) is 12.3 Å². The number of carboxylic acids is 1. The molecule has 166 valence electrons. The summed E-state index contributed by atoms with van der Waals surface area (Å²) in [5.74, 6) is -2.39. The van der Waals surface area contributed by atoms with Crippen molar-refractivity contribution in [3.63, 3.8) is 0 Å². The third kappa shape index (κ3) is 9.00. The molecular formula is C22H33N3O4S. The van der Waals surface area contributed by atoms with Gasteiger partial charge in [0, 0.05) is 11.3 Å². The molecule has 0 fully saturated rings. The van der Waals surface area contributed by atoms with Crippen LogP contribution < -0.4 is 16.4 Å². The minimum atomic E-state index is -1.13. The molecule has 1 unspecified atom stereocenters. The van der Waals surface area contributed by atoms with Gasteiger partial charge in [-0.25, -0.2) is 4.79 Å². The molecule has 0 aliphatic rings. The van der Waals surface area contributed by atoms with Gasteiger partial charge in [-0.05, 0) is 44.7 Å². The summed E-state index contributed by atoms with van der Waals surface area (Å²) in [5.41, 5.74) is 6.34. The van der Waals surface area contributed by atoms with Crippen molar-refractivity contribution in [3.05, 3.63) is 35.9 Å². The Hall–Kier alpha value is -2.32. The molecule has 30 heavy (non-hydrogen) atoms. The van der Waals surface area contributed by atoms with E-state index in [1.807, 2.05) is 25.1 Å². The van der Waals surface area contributed by atoms with Gasteiger partial charge in [0.05, 0.1) is 5.92 Å². The van der Waals surface area contributed by atoms with Crippen molar-refractivity contribution < 1.29 is 19.5 Å². The van der Waals surface area contributed by atoms with Crippen LogP contribution in [-0.4, -0.2) is 46.4 Å². The van der Waals surface area contributed by atoms with Crippen LogP contribution in [0.25, 0.3) is 0 Å². The maximum atomic E-state index is 12.9. The highest BCUT2D eigenvalue weighted by molar-refractivity contribution is 7.80. The van der Waals surface area contributed by atoms with E-state index < -0.39 is 29.9 Å². The Morgan fingerprint density at radius 1 is 1.03 bits per heavy atom. The van der Waals surface area contributed by atoms with Crippen LogP contribution in [0.1, 0.15) is 51.5 Å². The van der Waals surface area contributed by atoms with Crippen LogP contribution >= 0.6 is 12.2 Å². The van der Waals surface area contributed by atoms with E-state index in [2.05, 4.69) is 10.6 Å². The van der Waals surface area contributed by atoms with E-state index in [0.29, 0.717) is 37.1 Å². The molecule has 1 aromatic rings. The number of aliphatic carboxylic acids is 1. The number of carbonyl (C=O) groups is 3. The maximum Gasteiger partial charge on any atom is 0.326 e. The first-order valence-electron chi connectivity index (χ1n) is 10.4. The normalized spacial score (nSPS) is 13.7. The van der Waals surface area contributed by atoms with Crippen molar-refractivity contribution in [2.75, 3.05) is 6.54 Å². The number of carboxylic acid groups (broad SMARTS) is 1. The van der Waals surface area contributed by atoms with Gasteiger partial charge in [0.1, 0.15) is 12.1 Å². The molecule has 2 amide bonds. The van der Waals surface area contributed by atoms with Gasteiger partial charge in [-0.2, -0.15) is 0 Å². The van der Waals surface area contributed by atoms with Crippen molar-refractivity contribution in [1.82, 2.24) is 10.6 Å². The van der Waals surface area contributed by atoms with Crippen LogP contribution in [0.2, 0.25) is 0 Å². The fourth-order valence-electron chi connectivity index (χ4n) is 3.16. The van der Waals surface area contributed by atoms with Crippen LogP contribution in [0.4, 0.5) is 0 Å². The number of unbranched alkanes of at least 4 members (excludes halogenated alkanes) is 1. The lowest BCUT2D eigenvalue weighted by molar-refractivity contribution is -0.142. The molecule has 8 heteroatoms. The van der Waals surface area contributed by atoms with Crippen molar-refractivity contribution >= 4 is 34.9 Å². The second-order valence-electron chi connectivity index (χ2n) is 7.39. The molecule has 0 bridgehead atoms. The fourth-order valence-corrected chi connectivity index (χ4v) is 3.39. The lowest BCUT2D eigenvalue weighted by Gasteiger charge is -2.24. The number of hydrogen-bond donors (Lipinski definition) is 4. The first-order valence-corrected chi connectivity index (χ1v) is 10.8. The Morgan fingerprint density at radius 2 is 1.67 bits per heavy atom. The largest absolute Gasteiger partial charge is 0.480 e. The second-order valence-corrected chi connectivity index (χ2v) is 8.03. The first kappa shape index (κ1) is 25.7. The summed E-state index contributed by atoms with van der Waals surface area (Å²) < 4.78 is 0. The summed E-state index contributed by atoms with van der Waals surface area (Å²) in [6, 6.07) is 7.15. The smallest absolute Gasteiger partial charge is 0.326 e. The van der Waals surface area contributed by atoms with Crippen LogP contribution in [0, 0.1) is 5.92 Å². The van der Waals surface area contributed by atoms with Crippen molar-refractivity contribution in [3.8, 4) is 0 Å². The molecule has 5 N–H and O–H groups in total. The molecule has 0 aliphatic carbocycles. The van der Waals surface area contributed by atoms with E-state index in [1.165, 1.54) is 0 Å². The topological polar surface area (TPSA) is 122 Å². The molecule has 0 heterocycles. The monoisotopic (exact) mass is 435 g/mol. The summed E-state index contributed by atoms with van der Waals surface area (Å²) in [6.45, 7) is 4.16. The summed E-state index contributed by atoms with van der Waals surface area (Å²) in [6.07, 6.45) is 3.26. The van der Waals surface area contributed by atoms with Crippen LogP contribution in [0.3, 0.4) is 0 Å². The van der Waals surface area contributed by atoms with Crippen LogP contribution in [0.5, 0.6) is 0 Å². The van der Waals surface area contributed by atoms with Gasteiger partial charge in [-0.15, -0.1) is 0 Å². The highest BCUT2D eigenvalue weighted by atomic mass is 32.1. The number of carbonyl (C=O) groups excluding carboxylic acids is 2. The zero-order valence-electron chi connectivity index (χ0n) is 17.7. The van der Waals surface area contributed by atoms with Crippen LogP contribution in [-0.2, 0) is 20.8 Å². The standard InChI is InChI=1S/C22H33N3O4S/c1-3-9-17(15(2)30)20(26)24-18(12-7-8-13-23)21(27)25-19(22(28)29)14-16-10-5-4-6-11-16/h4-6,10-11,17-19H,3,7-9,12-14,23H2,1-2H3,(H,24,26)(H,25,27)(H,28,29)/t17?,18-,19-/m0/s1. The number of rotatable bonds is 14. The van der Waals surface area contributed by atoms with Gasteiger partial charge in [0.2, 0.25) is 11.8 Å². The maximum absolute atomic E-state index is 12.9. The fraction of sp³-hybridized carbons (Fsp3) is 0.545. The molecule has 0 radical (unpaired) electrons. The molecule has 1 rings (SSSR count). The highest BCUT2D eigenvalue weighted by Gasteiger charge is 2.29. The molecule has 0 spiro atoms. The number of nitrogens with two attached hydrogens (primary N) is 1. The minimum absolute atomic E-state index is 0.156. The van der Waals surface area contributed by atoms with Crippen molar-refractivity contribution in [2.24, 2.45) is 11.7 Å². The Labute approximate surface area is 183 Å². The van der Waals surface area contributed by atoms with E-state index >= 15 is 0 Å². The Balaban J connectivity index is 2.90. The average Bonchev–Trinajstić information content (AvgIpc) is 2.71. The zero-order valence-corrected chi connectivity index (χ0v) is 18.5. The Morgan fingerprint density at radius 3 is 2.20 bits per heavy atom. The molecular weight excluding hydrogens is 402 g/mol. The molecule has 0 aromatic heterocycles. The average molecular weight is 436 g/mol. The number of amides is 2. The first-order chi connectivity index (χ1) is 14.3.